The molecule has 0 radical (unpaired) electrons. The Labute approximate surface area is 129 Å². The second-order valence-corrected chi connectivity index (χ2v) is 4.44. The van der Waals surface area contributed by atoms with E-state index >= 15 is 0 Å². The SMILES string of the molecule is CC.N#Cc1cc(C#N)c2c(c1)N(Cc1cnc[nH]1)CCO2. The standard InChI is InChI=1S/C14H11N5O.C2H6/c15-5-10-3-11(6-16)14-13(4-10)19(1-2-20-14)8-12-7-17-9-18-12;1-2/h3-4,7,9H,1-2,8H2,(H,17,18);1-2H3. The fraction of sp³-hybridized carbons (Fsp3) is 0.312. The molecule has 0 saturated heterocycles. The summed E-state index contributed by atoms with van der Waals surface area (Å²) in [6.45, 7) is 5.85. The molecule has 0 unspecified atom stereocenters. The van der Waals surface area contributed by atoms with Gasteiger partial charge < -0.3 is 14.6 Å². The van der Waals surface area contributed by atoms with E-state index in [0.717, 1.165) is 11.4 Å². The van der Waals surface area contributed by atoms with Gasteiger partial charge in [0.1, 0.15) is 12.7 Å². The third-order valence-electron chi connectivity index (χ3n) is 3.18. The van der Waals surface area contributed by atoms with Gasteiger partial charge in [0.15, 0.2) is 5.75 Å². The summed E-state index contributed by atoms with van der Waals surface area (Å²) in [4.78, 5) is 9.12. The van der Waals surface area contributed by atoms with Crippen molar-refractivity contribution in [2.24, 2.45) is 0 Å². The molecule has 1 aromatic carbocycles. The van der Waals surface area contributed by atoms with Crippen LogP contribution in [0.15, 0.2) is 24.7 Å². The highest BCUT2D eigenvalue weighted by Gasteiger charge is 2.22. The largest absolute Gasteiger partial charge is 0.488 e. The van der Waals surface area contributed by atoms with Crippen LogP contribution >= 0.6 is 0 Å². The number of imidazole rings is 1. The van der Waals surface area contributed by atoms with E-state index < -0.39 is 0 Å². The first-order valence-corrected chi connectivity index (χ1v) is 7.15. The number of benzene rings is 1. The van der Waals surface area contributed by atoms with Crippen molar-refractivity contribution in [3.8, 4) is 17.9 Å². The highest BCUT2D eigenvalue weighted by atomic mass is 16.5. The number of ether oxygens (including phenoxy) is 1. The minimum absolute atomic E-state index is 0.397. The van der Waals surface area contributed by atoms with Crippen LogP contribution in [0.1, 0.15) is 30.7 Å². The number of hydrogen-bond donors (Lipinski definition) is 1. The van der Waals surface area contributed by atoms with Crippen molar-refractivity contribution in [3.05, 3.63) is 41.5 Å². The van der Waals surface area contributed by atoms with Crippen LogP contribution in [0.5, 0.6) is 5.75 Å². The van der Waals surface area contributed by atoms with Gasteiger partial charge in [-0.2, -0.15) is 10.5 Å². The molecule has 0 saturated carbocycles. The fourth-order valence-electron chi connectivity index (χ4n) is 2.27. The predicted octanol–water partition coefficient (Wildman–Crippen LogP) is 2.58. The summed E-state index contributed by atoms with van der Waals surface area (Å²) in [6, 6.07) is 7.47. The third-order valence-corrected chi connectivity index (χ3v) is 3.18. The van der Waals surface area contributed by atoms with E-state index in [-0.39, 0.29) is 0 Å². The number of rotatable bonds is 2. The fourth-order valence-corrected chi connectivity index (χ4v) is 2.27. The van der Waals surface area contributed by atoms with E-state index in [1.165, 1.54) is 0 Å². The van der Waals surface area contributed by atoms with Crippen molar-refractivity contribution in [2.45, 2.75) is 20.4 Å². The van der Waals surface area contributed by atoms with Crippen molar-refractivity contribution in [1.29, 1.82) is 10.5 Å². The number of aromatic nitrogens is 2. The molecule has 1 aliphatic heterocycles. The van der Waals surface area contributed by atoms with Crippen LogP contribution < -0.4 is 9.64 Å². The molecule has 3 rings (SSSR count). The molecule has 6 heteroatoms. The van der Waals surface area contributed by atoms with Crippen LogP contribution in [0, 0.1) is 22.7 Å². The summed E-state index contributed by atoms with van der Waals surface area (Å²) < 4.78 is 5.60. The smallest absolute Gasteiger partial charge is 0.160 e. The summed E-state index contributed by atoms with van der Waals surface area (Å²) in [5.41, 5.74) is 2.61. The monoisotopic (exact) mass is 295 g/mol. The summed E-state index contributed by atoms with van der Waals surface area (Å²) in [7, 11) is 0. The third kappa shape index (κ3) is 3.02. The van der Waals surface area contributed by atoms with E-state index in [4.69, 9.17) is 10.00 Å². The van der Waals surface area contributed by atoms with E-state index in [1.54, 1.807) is 24.7 Å². The molecule has 0 aliphatic carbocycles. The number of nitrogens with zero attached hydrogens (tertiary/aromatic N) is 4. The molecule has 0 fully saturated rings. The Hall–Kier alpha value is -2.99. The first kappa shape index (κ1) is 15.4. The molecule has 1 aromatic heterocycles. The van der Waals surface area contributed by atoms with E-state index in [2.05, 4.69) is 27.0 Å². The lowest BCUT2D eigenvalue weighted by Gasteiger charge is -2.31. The molecule has 112 valence electrons. The summed E-state index contributed by atoms with van der Waals surface area (Å²) in [6.07, 6.45) is 3.39. The second-order valence-electron chi connectivity index (χ2n) is 4.44. The average Bonchev–Trinajstić information content (AvgIpc) is 3.09. The summed E-state index contributed by atoms with van der Waals surface area (Å²) in [5.74, 6) is 0.553. The maximum Gasteiger partial charge on any atom is 0.160 e. The minimum Gasteiger partial charge on any atom is -0.488 e. The second kappa shape index (κ2) is 7.14. The highest BCUT2D eigenvalue weighted by molar-refractivity contribution is 5.69. The Morgan fingerprint density at radius 3 is 2.77 bits per heavy atom. The Bertz CT molecular complexity index is 709. The first-order chi connectivity index (χ1) is 10.8. The topological polar surface area (TPSA) is 88.7 Å². The Kier molecular flexibility index (Phi) is 5.00. The lowest BCUT2D eigenvalue weighted by molar-refractivity contribution is 0.306. The molecule has 2 aromatic rings. The number of nitriles is 2. The van der Waals surface area contributed by atoms with Crippen LogP contribution in [-0.2, 0) is 6.54 Å². The number of nitrogens with one attached hydrogen (secondary N) is 1. The maximum absolute atomic E-state index is 9.18. The van der Waals surface area contributed by atoms with Gasteiger partial charge in [0.05, 0.1) is 48.0 Å². The van der Waals surface area contributed by atoms with Gasteiger partial charge in [-0.3, -0.25) is 0 Å². The number of anilines is 1. The van der Waals surface area contributed by atoms with Crippen LogP contribution in [0.4, 0.5) is 5.69 Å². The van der Waals surface area contributed by atoms with Gasteiger partial charge in [0.25, 0.3) is 0 Å². The zero-order valence-corrected chi connectivity index (χ0v) is 12.6. The summed E-state index contributed by atoms with van der Waals surface area (Å²) >= 11 is 0. The van der Waals surface area contributed by atoms with Crippen molar-refractivity contribution in [2.75, 3.05) is 18.1 Å². The van der Waals surface area contributed by atoms with Gasteiger partial charge in [-0.05, 0) is 12.1 Å². The first-order valence-electron chi connectivity index (χ1n) is 7.15. The molecule has 1 N–H and O–H groups in total. The number of fused-ring (bicyclic) bond motifs is 1. The zero-order chi connectivity index (χ0) is 15.9. The lowest BCUT2D eigenvalue weighted by atomic mass is 10.1. The number of H-pyrrole nitrogens is 1. The van der Waals surface area contributed by atoms with Crippen molar-refractivity contribution < 1.29 is 4.74 Å². The van der Waals surface area contributed by atoms with E-state index in [1.807, 2.05) is 13.8 Å². The molecule has 0 atom stereocenters. The normalized spacial score (nSPS) is 12.1. The van der Waals surface area contributed by atoms with Gasteiger partial charge >= 0.3 is 0 Å². The highest BCUT2D eigenvalue weighted by Crippen LogP contribution is 2.36. The van der Waals surface area contributed by atoms with Gasteiger partial charge in [-0.15, -0.1) is 0 Å². The molecule has 22 heavy (non-hydrogen) atoms. The van der Waals surface area contributed by atoms with Crippen molar-refractivity contribution in [1.82, 2.24) is 9.97 Å². The average molecular weight is 295 g/mol. The predicted molar refractivity (Wildman–Crippen MR) is 82.4 cm³/mol. The lowest BCUT2D eigenvalue weighted by Crippen LogP contribution is -2.32. The van der Waals surface area contributed by atoms with Crippen LogP contribution in [0.25, 0.3) is 0 Å². The molecule has 0 amide bonds. The Morgan fingerprint density at radius 1 is 1.32 bits per heavy atom. The Balaban J connectivity index is 0.000000847. The molecule has 0 bridgehead atoms. The van der Waals surface area contributed by atoms with Gasteiger partial charge in [-0.1, -0.05) is 13.8 Å². The molecule has 2 heterocycles. The molecule has 0 spiro atoms. The number of hydrogen-bond acceptors (Lipinski definition) is 5. The van der Waals surface area contributed by atoms with Crippen LogP contribution in [0.3, 0.4) is 0 Å². The van der Waals surface area contributed by atoms with Crippen LogP contribution in [0.2, 0.25) is 0 Å². The van der Waals surface area contributed by atoms with E-state index in [0.29, 0.717) is 36.6 Å². The van der Waals surface area contributed by atoms with Crippen LogP contribution in [-0.4, -0.2) is 23.1 Å². The number of aromatic amines is 1. The van der Waals surface area contributed by atoms with Crippen molar-refractivity contribution >= 4 is 5.69 Å². The maximum atomic E-state index is 9.18. The quantitative estimate of drug-likeness (QED) is 0.919. The molecular weight excluding hydrogens is 278 g/mol. The van der Waals surface area contributed by atoms with Crippen molar-refractivity contribution in [3.63, 3.8) is 0 Å². The van der Waals surface area contributed by atoms with Gasteiger partial charge in [0, 0.05) is 6.20 Å². The Morgan fingerprint density at radius 2 is 2.14 bits per heavy atom. The van der Waals surface area contributed by atoms with E-state index in [9.17, 15) is 5.26 Å². The minimum atomic E-state index is 0.397. The molecule has 6 nitrogen and oxygen atoms in total. The zero-order valence-electron chi connectivity index (χ0n) is 12.6. The summed E-state index contributed by atoms with van der Waals surface area (Å²) in [5, 5.41) is 18.2. The molecular formula is C16H17N5O. The molecule has 1 aliphatic rings. The van der Waals surface area contributed by atoms with Gasteiger partial charge in [-0.25, -0.2) is 4.98 Å². The van der Waals surface area contributed by atoms with Gasteiger partial charge in [0.2, 0.25) is 0 Å².